The Morgan fingerprint density at radius 3 is 3.00 bits per heavy atom. The maximum absolute atomic E-state index is 10.2. The fourth-order valence-corrected chi connectivity index (χ4v) is 0.533. The summed E-state index contributed by atoms with van der Waals surface area (Å²) in [5, 5.41) is 11.2. The Morgan fingerprint density at radius 2 is 2.62 bits per heavy atom. The Bertz CT molecular complexity index is 103. The van der Waals surface area contributed by atoms with Gasteiger partial charge in [0.25, 0.3) is 0 Å². The van der Waals surface area contributed by atoms with Gasteiger partial charge in [0.1, 0.15) is 0 Å². The van der Waals surface area contributed by atoms with E-state index < -0.39 is 12.3 Å². The van der Waals surface area contributed by atoms with Gasteiger partial charge in [-0.3, -0.25) is 4.79 Å². The second-order valence-corrected chi connectivity index (χ2v) is 1.58. The Hall–Kier alpha value is -0.610. The third-order valence-corrected chi connectivity index (χ3v) is 0.856. The van der Waals surface area contributed by atoms with E-state index in [0.717, 1.165) is 0 Å². The van der Waals surface area contributed by atoms with E-state index in [-0.39, 0.29) is 6.54 Å². The lowest BCUT2D eigenvalue weighted by atomic mass is 10.5. The molecular formula is C4H7NO3. The van der Waals surface area contributed by atoms with Crippen LogP contribution in [0.2, 0.25) is 0 Å². The molecule has 1 rings (SSSR count). The molecule has 0 saturated carbocycles. The van der Waals surface area contributed by atoms with E-state index in [2.05, 4.69) is 10.1 Å². The number of β-amino-alcohol motifs (C(OH)–C–C–N with tert-alkyl or cyclic N) is 1. The maximum atomic E-state index is 10.2. The molecule has 4 heteroatoms. The number of morpholine rings is 1. The molecule has 0 amide bonds. The molecule has 1 atom stereocenters. The summed E-state index contributed by atoms with van der Waals surface area (Å²) in [6.07, 6.45) is -0.948. The van der Waals surface area contributed by atoms with Crippen molar-refractivity contribution in [2.45, 2.75) is 6.29 Å². The van der Waals surface area contributed by atoms with Gasteiger partial charge in [0.15, 0.2) is 0 Å². The highest BCUT2D eigenvalue weighted by atomic mass is 16.6. The number of aliphatic hydroxyl groups is 1. The molecule has 1 unspecified atom stereocenters. The molecular weight excluding hydrogens is 110 g/mol. The number of ether oxygens (including phenoxy) is 1. The smallest absolute Gasteiger partial charge is 0.322 e. The van der Waals surface area contributed by atoms with Crippen LogP contribution in [-0.2, 0) is 9.53 Å². The highest BCUT2D eigenvalue weighted by Gasteiger charge is 2.15. The highest BCUT2D eigenvalue weighted by Crippen LogP contribution is 1.90. The number of rotatable bonds is 0. The van der Waals surface area contributed by atoms with E-state index in [9.17, 15) is 4.79 Å². The Balaban J connectivity index is 2.34. The van der Waals surface area contributed by atoms with Crippen LogP contribution in [0.5, 0.6) is 0 Å². The number of nitrogens with one attached hydrogen (secondary N) is 1. The lowest BCUT2D eigenvalue weighted by molar-refractivity contribution is -0.172. The van der Waals surface area contributed by atoms with Gasteiger partial charge < -0.3 is 15.2 Å². The lowest BCUT2D eigenvalue weighted by Crippen LogP contribution is -2.41. The maximum Gasteiger partial charge on any atom is 0.322 e. The summed E-state index contributed by atoms with van der Waals surface area (Å²) in [6, 6.07) is 0. The molecule has 2 N–H and O–H groups in total. The molecule has 1 aliphatic rings. The molecule has 46 valence electrons. The SMILES string of the molecule is O=C1CNCC(O)O1. The largest absolute Gasteiger partial charge is 0.434 e. The van der Waals surface area contributed by atoms with Crippen LogP contribution in [0.4, 0.5) is 0 Å². The molecule has 0 aliphatic carbocycles. The van der Waals surface area contributed by atoms with Gasteiger partial charge in [0.2, 0.25) is 6.29 Å². The second kappa shape index (κ2) is 2.11. The standard InChI is InChI=1S/C4H7NO3/c6-3-1-5-2-4(7)8-3/h3,5-6H,1-2H2. The van der Waals surface area contributed by atoms with Gasteiger partial charge >= 0.3 is 5.97 Å². The molecule has 1 heterocycles. The molecule has 0 aromatic carbocycles. The number of carbonyl (C=O) groups is 1. The van der Waals surface area contributed by atoms with Crippen LogP contribution < -0.4 is 5.32 Å². The summed E-state index contributed by atoms with van der Waals surface area (Å²) >= 11 is 0. The number of hydrogen-bond acceptors (Lipinski definition) is 4. The van der Waals surface area contributed by atoms with Crippen LogP contribution in [0.3, 0.4) is 0 Å². The molecule has 0 aromatic heterocycles. The van der Waals surface area contributed by atoms with Crippen LogP contribution in [0, 0.1) is 0 Å². The summed E-state index contributed by atoms with van der Waals surface area (Å²) in [4.78, 5) is 10.2. The van der Waals surface area contributed by atoms with Crippen LogP contribution in [-0.4, -0.2) is 30.5 Å². The summed E-state index contributed by atoms with van der Waals surface area (Å²) in [5.74, 6) is -0.399. The Morgan fingerprint density at radius 1 is 1.88 bits per heavy atom. The average Bonchev–Trinajstić information content (AvgIpc) is 1.64. The Kier molecular flexibility index (Phi) is 1.45. The van der Waals surface area contributed by atoms with Crippen molar-refractivity contribution >= 4 is 5.97 Å². The van der Waals surface area contributed by atoms with Gasteiger partial charge in [-0.05, 0) is 0 Å². The van der Waals surface area contributed by atoms with E-state index in [1.54, 1.807) is 0 Å². The molecule has 1 fully saturated rings. The van der Waals surface area contributed by atoms with E-state index in [1.807, 2.05) is 0 Å². The minimum absolute atomic E-state index is 0.205. The predicted molar refractivity (Wildman–Crippen MR) is 25.0 cm³/mol. The number of carbonyl (C=O) groups excluding carboxylic acids is 1. The molecule has 1 saturated heterocycles. The minimum Gasteiger partial charge on any atom is -0.434 e. The zero-order valence-electron chi connectivity index (χ0n) is 4.26. The number of cyclic esters (lactones) is 1. The molecule has 1 aliphatic heterocycles. The first-order chi connectivity index (χ1) is 3.79. The van der Waals surface area contributed by atoms with Crippen molar-refractivity contribution in [2.24, 2.45) is 0 Å². The summed E-state index contributed by atoms with van der Waals surface area (Å²) in [6.45, 7) is 0.544. The fourth-order valence-electron chi connectivity index (χ4n) is 0.533. The van der Waals surface area contributed by atoms with E-state index in [0.29, 0.717) is 6.54 Å². The van der Waals surface area contributed by atoms with Crippen LogP contribution >= 0.6 is 0 Å². The second-order valence-electron chi connectivity index (χ2n) is 1.58. The Labute approximate surface area is 46.4 Å². The first-order valence-electron chi connectivity index (χ1n) is 2.37. The molecule has 0 bridgehead atoms. The monoisotopic (exact) mass is 117 g/mol. The fraction of sp³-hybridized carbons (Fsp3) is 0.750. The first-order valence-corrected chi connectivity index (χ1v) is 2.37. The van der Waals surface area contributed by atoms with Gasteiger partial charge in [-0.2, -0.15) is 0 Å². The predicted octanol–water partition coefficient (Wildman–Crippen LogP) is -1.55. The molecule has 8 heavy (non-hydrogen) atoms. The highest BCUT2D eigenvalue weighted by molar-refractivity contribution is 5.72. The minimum atomic E-state index is -0.948. The molecule has 0 aromatic rings. The van der Waals surface area contributed by atoms with Gasteiger partial charge in [-0.1, -0.05) is 0 Å². The van der Waals surface area contributed by atoms with E-state index >= 15 is 0 Å². The zero-order valence-corrected chi connectivity index (χ0v) is 4.26. The van der Waals surface area contributed by atoms with Crippen molar-refractivity contribution in [2.75, 3.05) is 13.1 Å². The topological polar surface area (TPSA) is 58.6 Å². The number of esters is 1. The summed E-state index contributed by atoms with van der Waals surface area (Å²) in [5.41, 5.74) is 0. The van der Waals surface area contributed by atoms with Crippen molar-refractivity contribution in [3.8, 4) is 0 Å². The van der Waals surface area contributed by atoms with Crippen LogP contribution in [0.1, 0.15) is 0 Å². The van der Waals surface area contributed by atoms with Crippen molar-refractivity contribution in [3.05, 3.63) is 0 Å². The molecule has 4 nitrogen and oxygen atoms in total. The molecule has 0 radical (unpaired) electrons. The van der Waals surface area contributed by atoms with Crippen molar-refractivity contribution in [3.63, 3.8) is 0 Å². The number of aliphatic hydroxyl groups excluding tert-OH is 1. The lowest BCUT2D eigenvalue weighted by Gasteiger charge is -2.17. The van der Waals surface area contributed by atoms with Crippen molar-refractivity contribution in [1.29, 1.82) is 0 Å². The van der Waals surface area contributed by atoms with Gasteiger partial charge in [-0.25, -0.2) is 0 Å². The molecule has 0 spiro atoms. The summed E-state index contributed by atoms with van der Waals surface area (Å²) < 4.78 is 4.34. The van der Waals surface area contributed by atoms with Crippen molar-refractivity contribution in [1.82, 2.24) is 5.32 Å². The van der Waals surface area contributed by atoms with Crippen molar-refractivity contribution < 1.29 is 14.6 Å². The average molecular weight is 117 g/mol. The third-order valence-electron chi connectivity index (χ3n) is 0.856. The zero-order chi connectivity index (χ0) is 5.98. The number of hydrogen-bond donors (Lipinski definition) is 2. The summed E-state index contributed by atoms with van der Waals surface area (Å²) in [7, 11) is 0. The first kappa shape index (κ1) is 5.53. The normalized spacial score (nSPS) is 29.6. The van der Waals surface area contributed by atoms with Gasteiger partial charge in [0.05, 0.1) is 13.1 Å². The quantitative estimate of drug-likeness (QED) is 0.377. The van der Waals surface area contributed by atoms with E-state index in [4.69, 9.17) is 5.11 Å². The van der Waals surface area contributed by atoms with Crippen LogP contribution in [0.15, 0.2) is 0 Å². The van der Waals surface area contributed by atoms with Crippen LogP contribution in [0.25, 0.3) is 0 Å². The van der Waals surface area contributed by atoms with E-state index in [1.165, 1.54) is 0 Å². The third kappa shape index (κ3) is 1.18. The van der Waals surface area contributed by atoms with Gasteiger partial charge in [0, 0.05) is 0 Å². The van der Waals surface area contributed by atoms with Gasteiger partial charge in [-0.15, -0.1) is 0 Å².